The van der Waals surface area contributed by atoms with Gasteiger partial charge in [0.15, 0.2) is 0 Å². The number of nitrogens with zero attached hydrogens (tertiary/aromatic N) is 1. The summed E-state index contributed by atoms with van der Waals surface area (Å²) in [5.74, 6) is 0.913. The van der Waals surface area contributed by atoms with Gasteiger partial charge in [-0.15, -0.1) is 11.3 Å². The number of thiazole rings is 1. The molecule has 0 bridgehead atoms. The Morgan fingerprint density at radius 2 is 2.31 bits per heavy atom. The monoisotopic (exact) mass is 255 g/mol. The van der Waals surface area contributed by atoms with Crippen LogP contribution in [0.15, 0.2) is 23.6 Å². The maximum atomic E-state index is 13.2. The maximum absolute atomic E-state index is 13.2. The average molecular weight is 255 g/mol. The molecule has 2 rings (SSSR count). The Hall–Kier alpha value is -1.07. The Bertz CT molecular complexity index is 498. The van der Waals surface area contributed by atoms with Crippen LogP contribution >= 0.6 is 24.0 Å². The van der Waals surface area contributed by atoms with Crippen LogP contribution in [0.4, 0.5) is 4.39 Å². The third-order valence-corrected chi connectivity index (χ3v) is 3.49. The highest BCUT2D eigenvalue weighted by molar-refractivity contribution is 7.79. The van der Waals surface area contributed by atoms with Crippen molar-refractivity contribution in [3.05, 3.63) is 34.4 Å². The smallest absolute Gasteiger partial charge is 0.128 e. The lowest BCUT2D eigenvalue weighted by Gasteiger charge is -2.05. The van der Waals surface area contributed by atoms with Crippen LogP contribution in [0.3, 0.4) is 0 Å². The van der Waals surface area contributed by atoms with Crippen LogP contribution in [0.5, 0.6) is 5.75 Å². The Kier molecular flexibility index (Phi) is 3.46. The SMILES string of the molecule is COc1ccc(F)cc1-c1csc(CS)n1. The van der Waals surface area contributed by atoms with Gasteiger partial charge in [0.1, 0.15) is 16.6 Å². The molecule has 0 saturated heterocycles. The van der Waals surface area contributed by atoms with E-state index in [9.17, 15) is 4.39 Å². The van der Waals surface area contributed by atoms with Crippen LogP contribution < -0.4 is 4.74 Å². The van der Waals surface area contributed by atoms with Crippen LogP contribution in [-0.4, -0.2) is 12.1 Å². The standard InChI is InChI=1S/C11H10FNOS2/c1-14-10-3-2-7(12)4-8(10)9-6-16-11(5-15)13-9/h2-4,6,15H,5H2,1H3. The van der Waals surface area contributed by atoms with Gasteiger partial charge >= 0.3 is 0 Å². The first-order valence-electron chi connectivity index (χ1n) is 4.63. The van der Waals surface area contributed by atoms with E-state index in [1.165, 1.54) is 23.5 Å². The summed E-state index contributed by atoms with van der Waals surface area (Å²) in [5, 5.41) is 2.78. The second-order valence-electron chi connectivity index (χ2n) is 3.13. The predicted octanol–water partition coefficient (Wildman–Crippen LogP) is 3.39. The molecule has 0 N–H and O–H groups in total. The van der Waals surface area contributed by atoms with Gasteiger partial charge in [-0.1, -0.05) is 0 Å². The van der Waals surface area contributed by atoms with Crippen molar-refractivity contribution in [2.45, 2.75) is 5.75 Å². The molecule has 16 heavy (non-hydrogen) atoms. The summed E-state index contributed by atoms with van der Waals surface area (Å²) >= 11 is 5.65. The minimum Gasteiger partial charge on any atom is -0.496 e. The van der Waals surface area contributed by atoms with E-state index in [0.29, 0.717) is 17.1 Å². The second kappa shape index (κ2) is 4.84. The van der Waals surface area contributed by atoms with Gasteiger partial charge in [-0.3, -0.25) is 0 Å². The molecule has 0 fully saturated rings. The molecule has 0 aliphatic heterocycles. The zero-order valence-corrected chi connectivity index (χ0v) is 10.3. The van der Waals surface area contributed by atoms with Crippen LogP contribution in [0.25, 0.3) is 11.3 Å². The molecule has 0 radical (unpaired) electrons. The van der Waals surface area contributed by atoms with Gasteiger partial charge in [-0.2, -0.15) is 12.6 Å². The van der Waals surface area contributed by atoms with Crippen molar-refractivity contribution in [3.63, 3.8) is 0 Å². The number of halogens is 1. The number of methoxy groups -OCH3 is 1. The first-order valence-corrected chi connectivity index (χ1v) is 6.15. The number of hydrogen-bond donors (Lipinski definition) is 1. The van der Waals surface area contributed by atoms with E-state index in [4.69, 9.17) is 4.74 Å². The Morgan fingerprint density at radius 3 is 2.94 bits per heavy atom. The molecule has 2 nitrogen and oxygen atoms in total. The third-order valence-electron chi connectivity index (χ3n) is 2.12. The van der Waals surface area contributed by atoms with Crippen LogP contribution in [0.2, 0.25) is 0 Å². The molecule has 0 aliphatic carbocycles. The lowest BCUT2D eigenvalue weighted by Crippen LogP contribution is -1.89. The first kappa shape index (κ1) is 11.4. The van der Waals surface area contributed by atoms with E-state index in [2.05, 4.69) is 17.6 Å². The summed E-state index contributed by atoms with van der Waals surface area (Å²) in [6.07, 6.45) is 0. The molecule has 0 unspecified atom stereocenters. The molecule has 0 amide bonds. The molecule has 5 heteroatoms. The quantitative estimate of drug-likeness (QED) is 0.849. The zero-order chi connectivity index (χ0) is 11.5. The molecule has 84 valence electrons. The number of thiol groups is 1. The summed E-state index contributed by atoms with van der Waals surface area (Å²) in [7, 11) is 1.56. The molecule has 0 aliphatic rings. The van der Waals surface area contributed by atoms with E-state index in [1.54, 1.807) is 13.2 Å². The molecular weight excluding hydrogens is 245 g/mol. The minimum atomic E-state index is -0.295. The largest absolute Gasteiger partial charge is 0.496 e. The molecule has 0 spiro atoms. The highest BCUT2D eigenvalue weighted by Gasteiger charge is 2.10. The van der Waals surface area contributed by atoms with E-state index < -0.39 is 0 Å². The Morgan fingerprint density at radius 1 is 1.50 bits per heavy atom. The minimum absolute atomic E-state index is 0.295. The van der Waals surface area contributed by atoms with Crippen molar-refractivity contribution >= 4 is 24.0 Å². The van der Waals surface area contributed by atoms with Crippen molar-refractivity contribution in [2.75, 3.05) is 7.11 Å². The number of ether oxygens (including phenoxy) is 1. The predicted molar refractivity (Wildman–Crippen MR) is 66.8 cm³/mol. The summed E-state index contributed by atoms with van der Waals surface area (Å²) in [6, 6.07) is 4.40. The van der Waals surface area contributed by atoms with Gasteiger partial charge in [0.25, 0.3) is 0 Å². The lowest BCUT2D eigenvalue weighted by molar-refractivity contribution is 0.415. The van der Waals surface area contributed by atoms with Gasteiger partial charge in [-0.05, 0) is 18.2 Å². The van der Waals surface area contributed by atoms with Crippen molar-refractivity contribution < 1.29 is 9.13 Å². The Labute approximate surface area is 103 Å². The molecule has 0 saturated carbocycles. The van der Waals surface area contributed by atoms with Crippen LogP contribution in [0.1, 0.15) is 5.01 Å². The molecule has 1 heterocycles. The summed E-state index contributed by atoms with van der Waals surface area (Å²) in [6.45, 7) is 0. The van der Waals surface area contributed by atoms with Gasteiger partial charge in [-0.25, -0.2) is 9.37 Å². The third kappa shape index (κ3) is 2.20. The normalized spacial score (nSPS) is 10.4. The fourth-order valence-corrected chi connectivity index (χ4v) is 2.33. The zero-order valence-electron chi connectivity index (χ0n) is 8.61. The van der Waals surface area contributed by atoms with E-state index in [0.717, 1.165) is 10.7 Å². The summed E-state index contributed by atoms with van der Waals surface area (Å²) in [4.78, 5) is 4.34. The van der Waals surface area contributed by atoms with Gasteiger partial charge in [0.2, 0.25) is 0 Å². The lowest BCUT2D eigenvalue weighted by atomic mass is 10.1. The number of hydrogen-bond acceptors (Lipinski definition) is 4. The average Bonchev–Trinajstić information content (AvgIpc) is 2.77. The molecule has 1 aromatic carbocycles. The second-order valence-corrected chi connectivity index (χ2v) is 4.39. The summed E-state index contributed by atoms with van der Waals surface area (Å²) < 4.78 is 18.3. The van der Waals surface area contributed by atoms with Gasteiger partial charge in [0, 0.05) is 16.7 Å². The van der Waals surface area contributed by atoms with Crippen molar-refractivity contribution in [2.24, 2.45) is 0 Å². The van der Waals surface area contributed by atoms with Crippen molar-refractivity contribution in [1.29, 1.82) is 0 Å². The first-order chi connectivity index (χ1) is 7.74. The van der Waals surface area contributed by atoms with Crippen LogP contribution in [-0.2, 0) is 5.75 Å². The molecule has 2 aromatic rings. The maximum Gasteiger partial charge on any atom is 0.128 e. The van der Waals surface area contributed by atoms with Crippen molar-refractivity contribution in [3.8, 4) is 17.0 Å². The topological polar surface area (TPSA) is 22.1 Å². The highest BCUT2D eigenvalue weighted by Crippen LogP contribution is 2.31. The van der Waals surface area contributed by atoms with Crippen molar-refractivity contribution in [1.82, 2.24) is 4.98 Å². The van der Waals surface area contributed by atoms with E-state index in [1.807, 2.05) is 5.38 Å². The van der Waals surface area contributed by atoms with E-state index >= 15 is 0 Å². The highest BCUT2D eigenvalue weighted by atomic mass is 32.1. The number of benzene rings is 1. The Balaban J connectivity index is 2.49. The molecular formula is C11H10FNOS2. The molecule has 1 aromatic heterocycles. The number of rotatable bonds is 3. The fourth-order valence-electron chi connectivity index (χ4n) is 1.39. The molecule has 0 atom stereocenters. The number of aromatic nitrogens is 1. The van der Waals surface area contributed by atoms with E-state index in [-0.39, 0.29) is 5.82 Å². The van der Waals surface area contributed by atoms with Gasteiger partial charge in [0.05, 0.1) is 12.8 Å². The van der Waals surface area contributed by atoms with Gasteiger partial charge < -0.3 is 4.74 Å². The van der Waals surface area contributed by atoms with Crippen LogP contribution in [0, 0.1) is 5.82 Å². The fraction of sp³-hybridized carbons (Fsp3) is 0.182. The summed E-state index contributed by atoms with van der Waals surface area (Å²) in [5.41, 5.74) is 1.40.